The Morgan fingerprint density at radius 2 is 1.52 bits per heavy atom. The molecule has 0 aromatic heterocycles. The number of carboxylic acids is 2. The molecule has 3 unspecified atom stereocenters. The molecule has 0 radical (unpaired) electrons. The average Bonchev–Trinajstić information content (AvgIpc) is 2.73. The summed E-state index contributed by atoms with van der Waals surface area (Å²) in [5.74, 6) is -4.85. The molecule has 0 saturated heterocycles. The van der Waals surface area contributed by atoms with E-state index in [-0.39, 0.29) is 18.6 Å². The van der Waals surface area contributed by atoms with Crippen LogP contribution in [0.3, 0.4) is 0 Å². The van der Waals surface area contributed by atoms with Gasteiger partial charge in [-0.3, -0.25) is 24.0 Å². The molecule has 1 aromatic rings. The highest BCUT2D eigenvalue weighted by molar-refractivity contribution is 7.80. The zero-order valence-corrected chi connectivity index (χ0v) is 17.5. The third kappa shape index (κ3) is 9.96. The van der Waals surface area contributed by atoms with Crippen molar-refractivity contribution >= 4 is 42.3 Å². The van der Waals surface area contributed by atoms with Crippen molar-refractivity contribution in [3.63, 3.8) is 0 Å². The average molecular weight is 455 g/mol. The zero-order valence-electron chi connectivity index (χ0n) is 16.6. The van der Waals surface area contributed by atoms with Crippen LogP contribution >= 0.6 is 12.6 Å². The molecule has 31 heavy (non-hydrogen) atoms. The lowest BCUT2D eigenvalue weighted by Crippen LogP contribution is -2.57. The van der Waals surface area contributed by atoms with Crippen molar-refractivity contribution in [1.82, 2.24) is 16.0 Å². The van der Waals surface area contributed by atoms with Crippen molar-refractivity contribution in [2.45, 2.75) is 37.4 Å². The van der Waals surface area contributed by atoms with Gasteiger partial charge >= 0.3 is 11.9 Å². The highest BCUT2D eigenvalue weighted by Gasteiger charge is 2.28. The smallest absolute Gasteiger partial charge is 0.322 e. The first kappa shape index (κ1) is 25.9. The molecule has 0 saturated carbocycles. The largest absolute Gasteiger partial charge is 0.481 e. The molecule has 3 amide bonds. The van der Waals surface area contributed by atoms with Crippen molar-refractivity contribution in [2.75, 3.05) is 12.3 Å². The van der Waals surface area contributed by atoms with Gasteiger partial charge in [0.1, 0.15) is 18.6 Å². The molecule has 1 rings (SSSR count). The van der Waals surface area contributed by atoms with Gasteiger partial charge < -0.3 is 31.9 Å². The van der Waals surface area contributed by atoms with Crippen LogP contribution in [0.15, 0.2) is 30.3 Å². The number of hydrogen-bond acceptors (Lipinski definition) is 7. The van der Waals surface area contributed by atoms with Gasteiger partial charge in [-0.05, 0) is 18.4 Å². The Hall–Kier alpha value is -3.12. The van der Waals surface area contributed by atoms with E-state index in [2.05, 4.69) is 28.6 Å². The summed E-state index contributed by atoms with van der Waals surface area (Å²) in [6.45, 7) is -0.695. The van der Waals surface area contributed by atoms with Crippen LogP contribution < -0.4 is 21.7 Å². The summed E-state index contributed by atoms with van der Waals surface area (Å²) in [6.07, 6.45) is -0.467. The lowest BCUT2D eigenvalue weighted by Gasteiger charge is -2.23. The van der Waals surface area contributed by atoms with E-state index < -0.39 is 60.8 Å². The maximum atomic E-state index is 12.5. The lowest BCUT2D eigenvalue weighted by molar-refractivity contribution is -0.140. The summed E-state index contributed by atoms with van der Waals surface area (Å²) in [7, 11) is 0. The van der Waals surface area contributed by atoms with Crippen LogP contribution in [0.1, 0.15) is 18.4 Å². The SMILES string of the molecule is NC(Cc1ccccc1)C(=O)NC(CS)C(=O)NC(CCC(=O)O)C(=O)NCC(=O)O. The second kappa shape index (κ2) is 13.2. The molecule has 3 atom stereocenters. The van der Waals surface area contributed by atoms with Gasteiger partial charge in [0.2, 0.25) is 17.7 Å². The molecule has 7 N–H and O–H groups in total. The third-order valence-electron chi connectivity index (χ3n) is 4.14. The normalized spacial score (nSPS) is 13.4. The van der Waals surface area contributed by atoms with Crippen LogP contribution in [0.2, 0.25) is 0 Å². The molecule has 0 aliphatic carbocycles. The summed E-state index contributed by atoms with van der Waals surface area (Å²) in [5.41, 5.74) is 6.73. The van der Waals surface area contributed by atoms with Gasteiger partial charge in [0.15, 0.2) is 0 Å². The van der Waals surface area contributed by atoms with Gasteiger partial charge in [-0.15, -0.1) is 0 Å². The standard InChI is InChI=1S/C19H26N4O7S/c20-12(8-11-4-2-1-3-5-11)17(28)23-14(10-31)19(30)22-13(6-7-15(24)25)18(29)21-9-16(26)27/h1-5,12-14,31H,6-10,20H2,(H,21,29)(H,22,30)(H,23,28)(H,24,25)(H,26,27). The number of carbonyl (C=O) groups is 5. The summed E-state index contributed by atoms with van der Waals surface area (Å²) in [6, 6.07) is 5.66. The maximum Gasteiger partial charge on any atom is 0.322 e. The number of nitrogens with two attached hydrogens (primary N) is 1. The molecule has 0 aliphatic rings. The molecule has 170 valence electrons. The number of carbonyl (C=O) groups excluding carboxylic acids is 3. The lowest BCUT2D eigenvalue weighted by atomic mass is 10.1. The maximum absolute atomic E-state index is 12.5. The van der Waals surface area contributed by atoms with Gasteiger partial charge in [-0.1, -0.05) is 30.3 Å². The molecule has 0 bridgehead atoms. The highest BCUT2D eigenvalue weighted by atomic mass is 32.1. The van der Waals surface area contributed by atoms with Crippen LogP contribution in [0.25, 0.3) is 0 Å². The summed E-state index contributed by atoms with van der Waals surface area (Å²) in [4.78, 5) is 58.5. The second-order valence-electron chi connectivity index (χ2n) is 6.65. The second-order valence-corrected chi connectivity index (χ2v) is 7.01. The van der Waals surface area contributed by atoms with Gasteiger partial charge in [-0.25, -0.2) is 0 Å². The van der Waals surface area contributed by atoms with Gasteiger partial charge in [-0.2, -0.15) is 12.6 Å². The summed E-state index contributed by atoms with van der Waals surface area (Å²) < 4.78 is 0. The van der Waals surface area contributed by atoms with Crippen LogP contribution in [-0.4, -0.2) is 70.3 Å². The minimum Gasteiger partial charge on any atom is -0.481 e. The van der Waals surface area contributed by atoms with Gasteiger partial charge in [0.05, 0.1) is 6.04 Å². The van der Waals surface area contributed by atoms with E-state index in [0.717, 1.165) is 5.56 Å². The van der Waals surface area contributed by atoms with Crippen LogP contribution in [0, 0.1) is 0 Å². The number of aliphatic carboxylic acids is 2. The minimum absolute atomic E-state index is 0.113. The van der Waals surface area contributed by atoms with E-state index >= 15 is 0 Å². The molecular formula is C19H26N4O7S. The molecule has 1 aromatic carbocycles. The number of hydrogen-bond donors (Lipinski definition) is 7. The van der Waals surface area contributed by atoms with Crippen LogP contribution in [0.5, 0.6) is 0 Å². The van der Waals surface area contributed by atoms with Crippen LogP contribution in [0.4, 0.5) is 0 Å². The Balaban J connectivity index is 2.74. The predicted octanol–water partition coefficient (Wildman–Crippen LogP) is -1.48. The molecule has 0 fully saturated rings. The van der Waals surface area contributed by atoms with Crippen molar-refractivity contribution in [1.29, 1.82) is 0 Å². The van der Waals surface area contributed by atoms with E-state index in [0.29, 0.717) is 0 Å². The first-order chi connectivity index (χ1) is 14.6. The minimum atomic E-state index is -1.31. The van der Waals surface area contributed by atoms with E-state index in [1.54, 1.807) is 24.3 Å². The topological polar surface area (TPSA) is 188 Å². The third-order valence-corrected chi connectivity index (χ3v) is 4.51. The molecule has 12 heteroatoms. The molecule has 0 heterocycles. The van der Waals surface area contributed by atoms with E-state index in [4.69, 9.17) is 15.9 Å². The monoisotopic (exact) mass is 454 g/mol. The summed E-state index contributed by atoms with van der Waals surface area (Å²) >= 11 is 4.04. The van der Waals surface area contributed by atoms with E-state index in [1.807, 2.05) is 6.07 Å². The fourth-order valence-electron chi connectivity index (χ4n) is 2.53. The number of rotatable bonds is 13. The van der Waals surface area contributed by atoms with Crippen LogP contribution in [-0.2, 0) is 30.4 Å². The Kier molecular flexibility index (Phi) is 11.1. The molecule has 0 spiro atoms. The van der Waals surface area contributed by atoms with Crippen molar-refractivity contribution < 1.29 is 34.2 Å². The van der Waals surface area contributed by atoms with E-state index in [9.17, 15) is 24.0 Å². The number of nitrogens with one attached hydrogen (secondary N) is 3. The quantitative estimate of drug-likeness (QED) is 0.176. The predicted molar refractivity (Wildman–Crippen MR) is 113 cm³/mol. The first-order valence-corrected chi connectivity index (χ1v) is 9.99. The Morgan fingerprint density at radius 3 is 2.06 bits per heavy atom. The Morgan fingerprint density at radius 1 is 0.903 bits per heavy atom. The molecule has 11 nitrogen and oxygen atoms in total. The number of amides is 3. The molecule has 0 aliphatic heterocycles. The zero-order chi connectivity index (χ0) is 23.4. The van der Waals surface area contributed by atoms with Crippen molar-refractivity contribution in [3.05, 3.63) is 35.9 Å². The van der Waals surface area contributed by atoms with Crippen molar-refractivity contribution in [2.24, 2.45) is 5.73 Å². The Labute approximate surface area is 184 Å². The van der Waals surface area contributed by atoms with Gasteiger partial charge in [0.25, 0.3) is 0 Å². The number of thiol groups is 1. The van der Waals surface area contributed by atoms with Gasteiger partial charge in [0, 0.05) is 12.2 Å². The van der Waals surface area contributed by atoms with Crippen molar-refractivity contribution in [3.8, 4) is 0 Å². The highest BCUT2D eigenvalue weighted by Crippen LogP contribution is 2.04. The number of carboxylic acid groups (broad SMARTS) is 2. The first-order valence-electron chi connectivity index (χ1n) is 9.36. The fourth-order valence-corrected chi connectivity index (χ4v) is 2.79. The summed E-state index contributed by atoms with van der Waals surface area (Å²) in [5, 5.41) is 24.4. The fraction of sp³-hybridized carbons (Fsp3) is 0.421. The number of benzene rings is 1. The molecular weight excluding hydrogens is 428 g/mol. The van der Waals surface area contributed by atoms with E-state index in [1.165, 1.54) is 0 Å². The Bertz CT molecular complexity index is 791.